The van der Waals surface area contributed by atoms with Gasteiger partial charge in [0.1, 0.15) is 5.82 Å². The minimum absolute atomic E-state index is 0.0222. The maximum atomic E-state index is 12.1. The number of pyridine rings is 1. The Balaban J connectivity index is 1.65. The van der Waals surface area contributed by atoms with Gasteiger partial charge in [-0.05, 0) is 49.7 Å². The molecule has 2 fully saturated rings. The Kier molecular flexibility index (Phi) is 2.94. The highest BCUT2D eigenvalue weighted by atomic mass is 16.1. The molecule has 4 nitrogen and oxygen atoms in total. The Labute approximate surface area is 107 Å². The number of nitrogens with one attached hydrogen (secondary N) is 2. The van der Waals surface area contributed by atoms with Crippen LogP contribution in [-0.4, -0.2) is 24.0 Å². The van der Waals surface area contributed by atoms with Crippen LogP contribution in [0.3, 0.4) is 0 Å². The molecule has 0 spiro atoms. The zero-order valence-electron chi connectivity index (χ0n) is 10.6. The molecule has 4 heteroatoms. The van der Waals surface area contributed by atoms with Crippen molar-refractivity contribution < 1.29 is 4.79 Å². The van der Waals surface area contributed by atoms with Crippen molar-refractivity contribution in [3.8, 4) is 0 Å². The maximum absolute atomic E-state index is 12.1. The summed E-state index contributed by atoms with van der Waals surface area (Å²) >= 11 is 0. The monoisotopic (exact) mass is 245 g/mol. The molecule has 0 aliphatic heterocycles. The van der Waals surface area contributed by atoms with Crippen LogP contribution in [0.2, 0.25) is 0 Å². The highest BCUT2D eigenvalue weighted by molar-refractivity contribution is 5.94. The third-order valence-electron chi connectivity index (χ3n) is 3.84. The molecule has 0 saturated heterocycles. The van der Waals surface area contributed by atoms with Crippen LogP contribution in [0.25, 0.3) is 0 Å². The molecule has 3 rings (SSSR count). The SMILES string of the molecule is CNc1ccc(C(=O)NC(C2CC2)C2CC2)cn1. The van der Waals surface area contributed by atoms with Gasteiger partial charge in [0, 0.05) is 19.3 Å². The van der Waals surface area contributed by atoms with Crippen molar-refractivity contribution in [3.63, 3.8) is 0 Å². The molecular formula is C14H19N3O. The minimum atomic E-state index is 0.0222. The number of aromatic nitrogens is 1. The van der Waals surface area contributed by atoms with Crippen molar-refractivity contribution in [3.05, 3.63) is 23.9 Å². The molecule has 0 bridgehead atoms. The Bertz CT molecular complexity index is 423. The average molecular weight is 245 g/mol. The predicted molar refractivity (Wildman–Crippen MR) is 70.5 cm³/mol. The van der Waals surface area contributed by atoms with Gasteiger partial charge in [-0.3, -0.25) is 4.79 Å². The summed E-state index contributed by atoms with van der Waals surface area (Å²) in [5.41, 5.74) is 0.653. The zero-order chi connectivity index (χ0) is 12.5. The number of nitrogens with zero attached hydrogens (tertiary/aromatic N) is 1. The standard InChI is InChI=1S/C14H19N3O/c1-15-12-7-6-11(8-16-12)14(18)17-13(9-2-3-9)10-4-5-10/h6-10,13H,2-5H2,1H3,(H,15,16)(H,17,18). The van der Waals surface area contributed by atoms with E-state index < -0.39 is 0 Å². The summed E-state index contributed by atoms with van der Waals surface area (Å²) in [6.45, 7) is 0. The van der Waals surface area contributed by atoms with Gasteiger partial charge in [0.15, 0.2) is 0 Å². The first kappa shape index (κ1) is 11.5. The first-order chi connectivity index (χ1) is 8.78. The number of carbonyl (C=O) groups excluding carboxylic acids is 1. The molecule has 96 valence electrons. The van der Waals surface area contributed by atoms with E-state index in [2.05, 4.69) is 15.6 Å². The third-order valence-corrected chi connectivity index (χ3v) is 3.84. The van der Waals surface area contributed by atoms with E-state index in [4.69, 9.17) is 0 Å². The van der Waals surface area contributed by atoms with E-state index in [1.54, 1.807) is 6.20 Å². The highest BCUT2D eigenvalue weighted by Crippen LogP contribution is 2.44. The van der Waals surface area contributed by atoms with Gasteiger partial charge in [0.05, 0.1) is 5.56 Å². The second-order valence-electron chi connectivity index (χ2n) is 5.36. The van der Waals surface area contributed by atoms with Crippen molar-refractivity contribution in [2.24, 2.45) is 11.8 Å². The molecule has 18 heavy (non-hydrogen) atoms. The Morgan fingerprint density at radius 3 is 2.39 bits per heavy atom. The number of rotatable bonds is 5. The van der Waals surface area contributed by atoms with Gasteiger partial charge >= 0.3 is 0 Å². The fraction of sp³-hybridized carbons (Fsp3) is 0.571. The van der Waals surface area contributed by atoms with E-state index in [0.29, 0.717) is 11.6 Å². The summed E-state index contributed by atoms with van der Waals surface area (Å²) in [4.78, 5) is 16.3. The van der Waals surface area contributed by atoms with Gasteiger partial charge in [-0.25, -0.2) is 4.98 Å². The Morgan fingerprint density at radius 1 is 1.28 bits per heavy atom. The van der Waals surface area contributed by atoms with Crippen LogP contribution < -0.4 is 10.6 Å². The summed E-state index contributed by atoms with van der Waals surface area (Å²) in [6, 6.07) is 4.06. The van der Waals surface area contributed by atoms with Crippen molar-refractivity contribution in [1.29, 1.82) is 0 Å². The normalized spacial score (nSPS) is 18.8. The highest BCUT2D eigenvalue weighted by Gasteiger charge is 2.42. The van der Waals surface area contributed by atoms with E-state index in [0.717, 1.165) is 17.7 Å². The van der Waals surface area contributed by atoms with Crippen LogP contribution in [0.15, 0.2) is 18.3 Å². The van der Waals surface area contributed by atoms with Gasteiger partial charge in [-0.1, -0.05) is 0 Å². The topological polar surface area (TPSA) is 54.0 Å². The molecule has 1 amide bonds. The van der Waals surface area contributed by atoms with E-state index in [9.17, 15) is 4.79 Å². The third kappa shape index (κ3) is 2.47. The zero-order valence-corrected chi connectivity index (χ0v) is 10.6. The molecular weight excluding hydrogens is 226 g/mol. The van der Waals surface area contributed by atoms with Crippen LogP contribution >= 0.6 is 0 Å². The van der Waals surface area contributed by atoms with Gasteiger partial charge in [0.25, 0.3) is 5.91 Å². The molecule has 0 atom stereocenters. The molecule has 1 aromatic heterocycles. The largest absolute Gasteiger partial charge is 0.373 e. The fourth-order valence-corrected chi connectivity index (χ4v) is 2.44. The van der Waals surface area contributed by atoms with Gasteiger partial charge < -0.3 is 10.6 Å². The van der Waals surface area contributed by atoms with Crippen molar-refractivity contribution in [1.82, 2.24) is 10.3 Å². The second-order valence-corrected chi connectivity index (χ2v) is 5.36. The number of amides is 1. The lowest BCUT2D eigenvalue weighted by Gasteiger charge is -2.17. The molecule has 0 unspecified atom stereocenters. The number of hydrogen-bond acceptors (Lipinski definition) is 3. The fourth-order valence-electron chi connectivity index (χ4n) is 2.44. The quantitative estimate of drug-likeness (QED) is 0.834. The summed E-state index contributed by atoms with van der Waals surface area (Å²) in [6.07, 6.45) is 6.74. The van der Waals surface area contributed by atoms with Crippen molar-refractivity contribution in [2.45, 2.75) is 31.7 Å². The molecule has 1 aromatic rings. The van der Waals surface area contributed by atoms with Crippen LogP contribution in [0.1, 0.15) is 36.0 Å². The molecule has 2 aliphatic carbocycles. The number of hydrogen-bond donors (Lipinski definition) is 2. The van der Waals surface area contributed by atoms with E-state index in [1.165, 1.54) is 25.7 Å². The van der Waals surface area contributed by atoms with Gasteiger partial charge in [-0.15, -0.1) is 0 Å². The lowest BCUT2D eigenvalue weighted by molar-refractivity contribution is 0.0926. The van der Waals surface area contributed by atoms with Crippen LogP contribution in [0.5, 0.6) is 0 Å². The van der Waals surface area contributed by atoms with Gasteiger partial charge in [-0.2, -0.15) is 0 Å². The second kappa shape index (κ2) is 4.59. The molecule has 0 radical (unpaired) electrons. The van der Waals surface area contributed by atoms with Crippen LogP contribution in [0, 0.1) is 11.8 Å². The van der Waals surface area contributed by atoms with Crippen molar-refractivity contribution >= 4 is 11.7 Å². The van der Waals surface area contributed by atoms with Crippen LogP contribution in [0.4, 0.5) is 5.82 Å². The molecule has 0 aromatic carbocycles. The molecule has 2 N–H and O–H groups in total. The Morgan fingerprint density at radius 2 is 1.94 bits per heavy atom. The lowest BCUT2D eigenvalue weighted by atomic mass is 10.1. The van der Waals surface area contributed by atoms with E-state index in [1.807, 2.05) is 19.2 Å². The number of anilines is 1. The van der Waals surface area contributed by atoms with E-state index in [-0.39, 0.29) is 5.91 Å². The summed E-state index contributed by atoms with van der Waals surface area (Å²) in [7, 11) is 1.82. The molecule has 2 saturated carbocycles. The first-order valence-electron chi connectivity index (χ1n) is 6.72. The predicted octanol–water partition coefficient (Wildman–Crippen LogP) is 2.04. The molecule has 2 aliphatic rings. The maximum Gasteiger partial charge on any atom is 0.253 e. The van der Waals surface area contributed by atoms with E-state index >= 15 is 0 Å². The summed E-state index contributed by atoms with van der Waals surface area (Å²) in [5, 5.41) is 6.14. The first-order valence-corrected chi connectivity index (χ1v) is 6.72. The lowest BCUT2D eigenvalue weighted by Crippen LogP contribution is -2.38. The smallest absolute Gasteiger partial charge is 0.253 e. The van der Waals surface area contributed by atoms with Gasteiger partial charge in [0.2, 0.25) is 0 Å². The summed E-state index contributed by atoms with van der Waals surface area (Å²) < 4.78 is 0. The summed E-state index contributed by atoms with van der Waals surface area (Å²) in [5.74, 6) is 2.26. The van der Waals surface area contributed by atoms with Crippen LogP contribution in [-0.2, 0) is 0 Å². The van der Waals surface area contributed by atoms with Crippen molar-refractivity contribution in [2.75, 3.05) is 12.4 Å². The average Bonchev–Trinajstić information content (AvgIpc) is 3.29. The minimum Gasteiger partial charge on any atom is -0.373 e. The Hall–Kier alpha value is -1.58. The molecule has 1 heterocycles. The number of carbonyl (C=O) groups is 1.